The van der Waals surface area contributed by atoms with Gasteiger partial charge in [0.05, 0.1) is 29.2 Å². The van der Waals surface area contributed by atoms with E-state index in [4.69, 9.17) is 0 Å². The Bertz CT molecular complexity index is 951. The molecule has 2 aromatic rings. The molecule has 0 spiro atoms. The average molecular weight is 356 g/mol. The number of aromatic nitrogens is 1. The molecule has 1 aromatic carbocycles. The average Bonchev–Trinajstić information content (AvgIpc) is 2.78. The second-order valence-corrected chi connectivity index (χ2v) is 9.68. The van der Waals surface area contributed by atoms with Gasteiger partial charge >= 0.3 is 0 Å². The number of benzene rings is 1. The second kappa shape index (κ2) is 5.52. The lowest BCUT2D eigenvalue weighted by molar-refractivity contribution is 0.137. The molecule has 9 heteroatoms. The van der Waals surface area contributed by atoms with Crippen molar-refractivity contribution in [2.75, 3.05) is 18.6 Å². The lowest BCUT2D eigenvalue weighted by Gasteiger charge is -2.25. The van der Waals surface area contributed by atoms with E-state index in [0.717, 1.165) is 4.31 Å². The Labute approximate surface area is 134 Å². The molecule has 1 aliphatic rings. The highest BCUT2D eigenvalue weighted by Gasteiger charge is 2.43. The fourth-order valence-electron chi connectivity index (χ4n) is 2.78. The third-order valence-corrected chi connectivity index (χ3v) is 7.63. The molecule has 1 aliphatic heterocycles. The number of hydrogen-bond acceptors (Lipinski definition) is 6. The van der Waals surface area contributed by atoms with Gasteiger partial charge in [-0.2, -0.15) is 4.31 Å². The van der Waals surface area contributed by atoms with Crippen molar-refractivity contribution in [3.8, 4) is 0 Å². The van der Waals surface area contributed by atoms with E-state index in [1.807, 2.05) is 0 Å². The van der Waals surface area contributed by atoms with E-state index in [1.165, 1.54) is 19.3 Å². The Morgan fingerprint density at radius 3 is 2.57 bits per heavy atom. The summed E-state index contributed by atoms with van der Waals surface area (Å²) in [7, 11) is -6.15. The monoisotopic (exact) mass is 356 g/mol. The van der Waals surface area contributed by atoms with Gasteiger partial charge in [-0.25, -0.2) is 16.8 Å². The first kappa shape index (κ1) is 16.3. The zero-order valence-electron chi connectivity index (χ0n) is 12.3. The molecule has 0 aliphatic carbocycles. The van der Waals surface area contributed by atoms with Crippen molar-refractivity contribution >= 4 is 30.8 Å². The number of fused-ring (bicyclic) bond motifs is 1. The van der Waals surface area contributed by atoms with E-state index in [0.29, 0.717) is 10.9 Å². The maximum atomic E-state index is 12.9. The summed E-state index contributed by atoms with van der Waals surface area (Å²) in [6, 6.07) is 7.23. The molecule has 1 aromatic heterocycles. The van der Waals surface area contributed by atoms with E-state index >= 15 is 0 Å². The molecule has 0 unspecified atom stereocenters. The SMILES string of the molecule is CN([C@@H]1CS(=O)(=O)C[C@@H]1O)S(=O)(=O)c1cccc2cccnc12. The molecular weight excluding hydrogens is 340 g/mol. The Morgan fingerprint density at radius 2 is 1.91 bits per heavy atom. The van der Waals surface area contributed by atoms with Crippen LogP contribution in [0.25, 0.3) is 10.9 Å². The number of likely N-dealkylation sites (N-methyl/N-ethyl adjacent to an activating group) is 1. The summed E-state index contributed by atoms with van der Waals surface area (Å²) in [4.78, 5) is 4.11. The summed E-state index contributed by atoms with van der Waals surface area (Å²) < 4.78 is 50.0. The van der Waals surface area contributed by atoms with E-state index in [2.05, 4.69) is 4.98 Å². The molecule has 0 bridgehead atoms. The fourth-order valence-corrected chi connectivity index (χ4v) is 6.26. The van der Waals surface area contributed by atoms with Crippen molar-refractivity contribution in [2.45, 2.75) is 17.0 Å². The molecule has 23 heavy (non-hydrogen) atoms. The number of pyridine rings is 1. The first-order valence-corrected chi connectivity index (χ1v) is 10.2. The van der Waals surface area contributed by atoms with Gasteiger partial charge in [0.25, 0.3) is 0 Å². The molecule has 0 saturated carbocycles. The molecule has 0 radical (unpaired) electrons. The number of para-hydroxylation sites is 1. The zero-order valence-corrected chi connectivity index (χ0v) is 14.0. The predicted octanol–water partition coefficient (Wildman–Crippen LogP) is 0.0132. The van der Waals surface area contributed by atoms with Crippen LogP contribution in [-0.4, -0.2) is 61.9 Å². The Kier molecular flexibility index (Phi) is 3.91. The van der Waals surface area contributed by atoms with Gasteiger partial charge < -0.3 is 5.11 Å². The second-order valence-electron chi connectivity index (χ2n) is 5.56. The molecular formula is C14H16N2O5S2. The minimum Gasteiger partial charge on any atom is -0.390 e. The van der Waals surface area contributed by atoms with Crippen molar-refractivity contribution in [1.82, 2.24) is 9.29 Å². The van der Waals surface area contributed by atoms with Gasteiger partial charge in [-0.3, -0.25) is 4.98 Å². The smallest absolute Gasteiger partial charge is 0.245 e. The van der Waals surface area contributed by atoms with Crippen molar-refractivity contribution in [1.29, 1.82) is 0 Å². The minimum absolute atomic E-state index is 0.00500. The summed E-state index contributed by atoms with van der Waals surface area (Å²) in [6.07, 6.45) is 0.263. The number of hydrogen-bond donors (Lipinski definition) is 1. The lowest BCUT2D eigenvalue weighted by atomic mass is 10.2. The van der Waals surface area contributed by atoms with Gasteiger partial charge in [0, 0.05) is 18.6 Å². The maximum absolute atomic E-state index is 12.9. The van der Waals surface area contributed by atoms with E-state index in [-0.39, 0.29) is 10.6 Å². The molecule has 0 amide bonds. The van der Waals surface area contributed by atoms with E-state index in [1.54, 1.807) is 24.3 Å². The number of sulfone groups is 1. The summed E-state index contributed by atoms with van der Waals surface area (Å²) >= 11 is 0. The quantitative estimate of drug-likeness (QED) is 0.831. The highest BCUT2D eigenvalue weighted by Crippen LogP contribution is 2.27. The minimum atomic E-state index is -3.99. The molecule has 1 saturated heterocycles. The molecule has 7 nitrogen and oxygen atoms in total. The maximum Gasteiger partial charge on any atom is 0.245 e. The summed E-state index contributed by atoms with van der Waals surface area (Å²) in [6.45, 7) is 0. The van der Waals surface area contributed by atoms with Crippen LogP contribution in [-0.2, 0) is 19.9 Å². The summed E-state index contributed by atoms with van der Waals surface area (Å²) in [5, 5.41) is 10.6. The van der Waals surface area contributed by atoms with Crippen LogP contribution in [0, 0.1) is 0 Å². The van der Waals surface area contributed by atoms with Crippen LogP contribution in [0.15, 0.2) is 41.4 Å². The number of aliphatic hydroxyl groups is 1. The highest BCUT2D eigenvalue weighted by molar-refractivity contribution is 7.92. The topological polar surface area (TPSA) is 105 Å². The van der Waals surface area contributed by atoms with Gasteiger partial charge in [-0.1, -0.05) is 18.2 Å². The van der Waals surface area contributed by atoms with Gasteiger partial charge in [0.2, 0.25) is 10.0 Å². The third-order valence-electron chi connectivity index (χ3n) is 4.01. The van der Waals surface area contributed by atoms with Crippen LogP contribution in [0.3, 0.4) is 0 Å². The first-order valence-electron chi connectivity index (χ1n) is 6.93. The summed E-state index contributed by atoms with van der Waals surface area (Å²) in [5.74, 6) is -0.812. The summed E-state index contributed by atoms with van der Waals surface area (Å²) in [5.41, 5.74) is 0.317. The Hall–Kier alpha value is -1.55. The molecule has 2 heterocycles. The molecule has 3 rings (SSSR count). The van der Waals surface area contributed by atoms with Crippen molar-refractivity contribution in [3.63, 3.8) is 0 Å². The van der Waals surface area contributed by atoms with Gasteiger partial charge in [0.1, 0.15) is 4.90 Å². The number of nitrogens with zero attached hydrogens (tertiary/aromatic N) is 2. The predicted molar refractivity (Wildman–Crippen MR) is 85.1 cm³/mol. The molecule has 124 valence electrons. The van der Waals surface area contributed by atoms with E-state index < -0.39 is 37.8 Å². The van der Waals surface area contributed by atoms with Crippen LogP contribution in [0.5, 0.6) is 0 Å². The Morgan fingerprint density at radius 1 is 1.22 bits per heavy atom. The lowest BCUT2D eigenvalue weighted by Crippen LogP contribution is -2.44. The molecule has 2 atom stereocenters. The van der Waals surface area contributed by atoms with Crippen LogP contribution >= 0.6 is 0 Å². The number of rotatable bonds is 3. The van der Waals surface area contributed by atoms with Gasteiger partial charge in [-0.15, -0.1) is 0 Å². The van der Waals surface area contributed by atoms with Crippen molar-refractivity contribution in [2.24, 2.45) is 0 Å². The standard InChI is InChI=1S/C14H16N2O5S2/c1-16(11-8-22(18,19)9-12(11)17)23(20,21)13-6-2-4-10-5-3-7-15-14(10)13/h2-7,11-12,17H,8-9H2,1H3/t11-,12+/m1/s1. The first-order chi connectivity index (χ1) is 10.7. The van der Waals surface area contributed by atoms with Crippen molar-refractivity contribution in [3.05, 3.63) is 36.5 Å². The number of aliphatic hydroxyl groups excluding tert-OH is 1. The van der Waals surface area contributed by atoms with Crippen LogP contribution in [0.1, 0.15) is 0 Å². The van der Waals surface area contributed by atoms with Crippen LogP contribution < -0.4 is 0 Å². The molecule has 1 N–H and O–H groups in total. The number of sulfonamides is 1. The van der Waals surface area contributed by atoms with Crippen LogP contribution in [0.4, 0.5) is 0 Å². The largest absolute Gasteiger partial charge is 0.390 e. The zero-order chi connectivity index (χ0) is 16.8. The normalized spacial score (nSPS) is 24.3. The van der Waals surface area contributed by atoms with Gasteiger partial charge in [-0.05, 0) is 12.1 Å². The fraction of sp³-hybridized carbons (Fsp3) is 0.357. The Balaban J connectivity index is 2.07. The van der Waals surface area contributed by atoms with Crippen LogP contribution in [0.2, 0.25) is 0 Å². The van der Waals surface area contributed by atoms with Crippen molar-refractivity contribution < 1.29 is 21.9 Å². The van der Waals surface area contributed by atoms with Gasteiger partial charge in [0.15, 0.2) is 9.84 Å². The van der Waals surface area contributed by atoms with E-state index in [9.17, 15) is 21.9 Å². The third kappa shape index (κ3) is 2.85. The molecule has 1 fully saturated rings. The highest BCUT2D eigenvalue weighted by atomic mass is 32.2.